The molecule has 126 valence electrons. The number of carbonyl (C=O) groups excluding carboxylic acids is 1. The first-order chi connectivity index (χ1) is 11.6. The van der Waals surface area contributed by atoms with Crippen molar-refractivity contribution < 1.29 is 9.53 Å². The summed E-state index contributed by atoms with van der Waals surface area (Å²) in [6.45, 7) is 4.06. The van der Waals surface area contributed by atoms with Crippen LogP contribution in [0, 0.1) is 0 Å². The lowest BCUT2D eigenvalue weighted by Crippen LogP contribution is -2.33. The molecular formula is C18H21N3O3. The molecule has 1 aliphatic rings. The third-order valence-corrected chi connectivity index (χ3v) is 4.03. The predicted octanol–water partition coefficient (Wildman–Crippen LogP) is 2.72. The highest BCUT2D eigenvalue weighted by Crippen LogP contribution is 2.38. The summed E-state index contributed by atoms with van der Waals surface area (Å²) >= 11 is 0. The molecule has 1 amide bonds. The van der Waals surface area contributed by atoms with Crippen molar-refractivity contribution in [2.45, 2.75) is 38.6 Å². The van der Waals surface area contributed by atoms with Gasteiger partial charge in [-0.05, 0) is 44.9 Å². The summed E-state index contributed by atoms with van der Waals surface area (Å²) in [4.78, 5) is 24.6. The molecule has 1 unspecified atom stereocenters. The Morgan fingerprint density at radius 3 is 2.79 bits per heavy atom. The van der Waals surface area contributed by atoms with Gasteiger partial charge in [-0.1, -0.05) is 12.1 Å². The monoisotopic (exact) mass is 327 g/mol. The summed E-state index contributed by atoms with van der Waals surface area (Å²) in [5.41, 5.74) is 1.19. The van der Waals surface area contributed by atoms with Crippen molar-refractivity contribution in [2.24, 2.45) is 0 Å². The number of ether oxygens (including phenoxy) is 1. The van der Waals surface area contributed by atoms with Gasteiger partial charge in [-0.2, -0.15) is 5.10 Å². The van der Waals surface area contributed by atoms with Gasteiger partial charge in [0.1, 0.15) is 11.8 Å². The smallest absolute Gasteiger partial charge is 0.267 e. The van der Waals surface area contributed by atoms with Gasteiger partial charge in [-0.15, -0.1) is 0 Å². The lowest BCUT2D eigenvalue weighted by atomic mass is 10.2. The third kappa shape index (κ3) is 3.48. The highest BCUT2D eigenvalue weighted by atomic mass is 16.5. The van der Waals surface area contributed by atoms with Crippen molar-refractivity contribution in [1.82, 2.24) is 9.78 Å². The van der Waals surface area contributed by atoms with Crippen LogP contribution >= 0.6 is 0 Å². The maximum absolute atomic E-state index is 12.6. The van der Waals surface area contributed by atoms with E-state index in [-0.39, 0.29) is 11.5 Å². The third-order valence-electron chi connectivity index (χ3n) is 4.03. The molecule has 1 N–H and O–H groups in total. The van der Waals surface area contributed by atoms with Crippen LogP contribution in [-0.4, -0.2) is 22.3 Å². The maximum Gasteiger partial charge on any atom is 0.267 e. The molecule has 0 radical (unpaired) electrons. The molecule has 0 spiro atoms. The molecule has 1 heterocycles. The molecule has 3 rings (SSSR count). The van der Waals surface area contributed by atoms with Crippen LogP contribution in [-0.2, 0) is 4.79 Å². The van der Waals surface area contributed by atoms with E-state index >= 15 is 0 Å². The van der Waals surface area contributed by atoms with E-state index in [4.69, 9.17) is 4.74 Å². The van der Waals surface area contributed by atoms with E-state index in [0.717, 1.165) is 18.5 Å². The van der Waals surface area contributed by atoms with Crippen LogP contribution in [0.25, 0.3) is 0 Å². The molecule has 0 bridgehead atoms. The number of amides is 1. The molecule has 1 aromatic carbocycles. The number of carbonyl (C=O) groups is 1. The van der Waals surface area contributed by atoms with Crippen LogP contribution < -0.4 is 15.6 Å². The summed E-state index contributed by atoms with van der Waals surface area (Å²) < 4.78 is 6.76. The number of benzene rings is 1. The number of rotatable bonds is 6. The largest absolute Gasteiger partial charge is 0.492 e. The Balaban J connectivity index is 1.80. The molecular weight excluding hydrogens is 306 g/mol. The summed E-state index contributed by atoms with van der Waals surface area (Å²) in [6.07, 6.45) is 2.18. The van der Waals surface area contributed by atoms with E-state index < -0.39 is 6.04 Å². The number of hydrogen-bond acceptors (Lipinski definition) is 4. The van der Waals surface area contributed by atoms with Gasteiger partial charge < -0.3 is 10.1 Å². The van der Waals surface area contributed by atoms with Crippen molar-refractivity contribution >= 4 is 11.6 Å². The van der Waals surface area contributed by atoms with Crippen LogP contribution in [0.4, 0.5) is 5.69 Å². The Kier molecular flexibility index (Phi) is 4.64. The fourth-order valence-corrected chi connectivity index (χ4v) is 2.51. The zero-order chi connectivity index (χ0) is 17.1. The van der Waals surface area contributed by atoms with Crippen molar-refractivity contribution in [1.29, 1.82) is 0 Å². The minimum Gasteiger partial charge on any atom is -0.492 e. The molecule has 2 aromatic rings. The van der Waals surface area contributed by atoms with Crippen molar-refractivity contribution in [2.75, 3.05) is 11.9 Å². The molecule has 6 heteroatoms. The van der Waals surface area contributed by atoms with Crippen LogP contribution in [0.3, 0.4) is 0 Å². The lowest BCUT2D eigenvalue weighted by Gasteiger charge is -2.16. The van der Waals surface area contributed by atoms with E-state index in [1.807, 2.05) is 19.1 Å². The normalized spacial score (nSPS) is 14.9. The molecule has 0 saturated heterocycles. The minimum absolute atomic E-state index is 0.278. The van der Waals surface area contributed by atoms with Crippen LogP contribution in [0.15, 0.2) is 41.2 Å². The maximum atomic E-state index is 12.6. The van der Waals surface area contributed by atoms with E-state index in [0.29, 0.717) is 24.0 Å². The number of para-hydroxylation sites is 2. The second-order valence-corrected chi connectivity index (χ2v) is 5.91. The summed E-state index contributed by atoms with van der Waals surface area (Å²) in [5, 5.41) is 7.19. The quantitative estimate of drug-likeness (QED) is 0.885. The Hall–Kier alpha value is -2.63. The number of aromatic nitrogens is 2. The van der Waals surface area contributed by atoms with Crippen molar-refractivity contribution in [3.05, 3.63) is 52.4 Å². The zero-order valence-electron chi connectivity index (χ0n) is 13.9. The Morgan fingerprint density at radius 2 is 2.08 bits per heavy atom. The molecule has 6 nitrogen and oxygen atoms in total. The fourth-order valence-electron chi connectivity index (χ4n) is 2.51. The molecule has 24 heavy (non-hydrogen) atoms. The van der Waals surface area contributed by atoms with Crippen molar-refractivity contribution in [3.8, 4) is 5.75 Å². The predicted molar refractivity (Wildman–Crippen MR) is 91.4 cm³/mol. The number of hydrogen-bond donors (Lipinski definition) is 1. The molecule has 1 atom stereocenters. The second kappa shape index (κ2) is 6.86. The van der Waals surface area contributed by atoms with Gasteiger partial charge in [0.2, 0.25) is 5.91 Å². The average molecular weight is 327 g/mol. The zero-order valence-corrected chi connectivity index (χ0v) is 13.9. The number of anilines is 1. The molecule has 0 aliphatic heterocycles. The van der Waals surface area contributed by atoms with Crippen molar-refractivity contribution in [3.63, 3.8) is 0 Å². The first-order valence-corrected chi connectivity index (χ1v) is 8.22. The first-order valence-electron chi connectivity index (χ1n) is 8.22. The van der Waals surface area contributed by atoms with Crippen LogP contribution in [0.1, 0.15) is 44.3 Å². The Morgan fingerprint density at radius 1 is 1.33 bits per heavy atom. The molecule has 1 saturated carbocycles. The van der Waals surface area contributed by atoms with Gasteiger partial charge in [0.05, 0.1) is 18.0 Å². The average Bonchev–Trinajstić information content (AvgIpc) is 3.41. The highest BCUT2D eigenvalue weighted by molar-refractivity contribution is 5.94. The van der Waals surface area contributed by atoms with E-state index in [1.54, 1.807) is 25.1 Å². The van der Waals surface area contributed by atoms with E-state index in [2.05, 4.69) is 10.4 Å². The topological polar surface area (TPSA) is 73.2 Å². The first kappa shape index (κ1) is 16.2. The summed E-state index contributed by atoms with van der Waals surface area (Å²) in [6, 6.07) is 9.76. The van der Waals surface area contributed by atoms with Gasteiger partial charge in [0, 0.05) is 12.0 Å². The standard InChI is InChI=1S/C18H21N3O3/c1-3-24-16-7-5-4-6-15(16)19-18(23)12(2)21-17(22)11-10-14(20-21)13-8-9-13/h4-7,10-13H,3,8-9H2,1-2H3,(H,19,23). The highest BCUT2D eigenvalue weighted by Gasteiger charge is 2.27. The number of nitrogens with zero attached hydrogens (tertiary/aromatic N) is 2. The van der Waals surface area contributed by atoms with E-state index in [1.165, 1.54) is 10.7 Å². The molecule has 1 aliphatic carbocycles. The number of nitrogens with one attached hydrogen (secondary N) is 1. The minimum atomic E-state index is -0.703. The summed E-state index contributed by atoms with van der Waals surface area (Å²) in [5.74, 6) is 0.725. The lowest BCUT2D eigenvalue weighted by molar-refractivity contribution is -0.119. The summed E-state index contributed by atoms with van der Waals surface area (Å²) in [7, 11) is 0. The van der Waals surface area contributed by atoms with Crippen LogP contribution in [0.5, 0.6) is 5.75 Å². The van der Waals surface area contributed by atoms with Gasteiger partial charge in [-0.25, -0.2) is 4.68 Å². The molecule has 1 fully saturated rings. The van der Waals surface area contributed by atoms with E-state index in [9.17, 15) is 9.59 Å². The second-order valence-electron chi connectivity index (χ2n) is 5.91. The Bertz CT molecular complexity index is 796. The van der Waals surface area contributed by atoms with Crippen LogP contribution in [0.2, 0.25) is 0 Å². The SMILES string of the molecule is CCOc1ccccc1NC(=O)C(C)n1nc(C2CC2)ccc1=O. The van der Waals surface area contributed by atoms with Gasteiger partial charge in [-0.3, -0.25) is 9.59 Å². The van der Waals surface area contributed by atoms with Gasteiger partial charge >= 0.3 is 0 Å². The van der Waals surface area contributed by atoms with Gasteiger partial charge in [0.15, 0.2) is 0 Å². The fraction of sp³-hybridized carbons (Fsp3) is 0.389. The van der Waals surface area contributed by atoms with Gasteiger partial charge in [0.25, 0.3) is 5.56 Å². The molecule has 1 aromatic heterocycles. The Labute approximate surface area is 140 Å².